The van der Waals surface area contributed by atoms with Crippen LogP contribution in [0.5, 0.6) is 0 Å². The molecule has 1 aliphatic carbocycles. The van der Waals surface area contributed by atoms with E-state index in [1.807, 2.05) is 18.2 Å². The zero-order valence-electron chi connectivity index (χ0n) is 5.88. The molecule has 0 atom stereocenters. The first-order valence-corrected chi connectivity index (χ1v) is 4.27. The maximum absolute atomic E-state index is 5.41. The van der Waals surface area contributed by atoms with Crippen molar-refractivity contribution in [3.05, 3.63) is 46.4 Å². The Hall–Kier alpha value is -0.760. The number of hydrogen-bond acceptors (Lipinski definition) is 1. The highest BCUT2D eigenvalue weighted by Gasteiger charge is 2.12. The summed E-state index contributed by atoms with van der Waals surface area (Å²) in [7, 11) is 0. The van der Waals surface area contributed by atoms with Gasteiger partial charge in [0.05, 0.1) is 0 Å². The van der Waals surface area contributed by atoms with Crippen molar-refractivity contribution >= 4 is 15.9 Å². The number of fused-ring (bicyclic) bond motifs is 1. The minimum atomic E-state index is 0.780. The van der Waals surface area contributed by atoms with Crippen molar-refractivity contribution in [2.24, 2.45) is 0 Å². The fourth-order valence-electron chi connectivity index (χ4n) is 1.11. The van der Waals surface area contributed by atoms with Gasteiger partial charge in [-0.05, 0) is 40.1 Å². The average Bonchev–Trinajstić information content (AvgIpc) is 2.04. The van der Waals surface area contributed by atoms with Crippen LogP contribution in [-0.4, -0.2) is 0 Å². The van der Waals surface area contributed by atoms with Gasteiger partial charge in [0.2, 0.25) is 0 Å². The Morgan fingerprint density at radius 1 is 1.27 bits per heavy atom. The van der Waals surface area contributed by atoms with E-state index in [0.717, 1.165) is 16.8 Å². The second kappa shape index (κ2) is 2.70. The Morgan fingerprint density at radius 3 is 3.09 bits per heavy atom. The lowest BCUT2D eigenvalue weighted by atomic mass is 10.0. The molecule has 1 nitrogen and oxygen atoms in total. The molecule has 0 N–H and O–H groups in total. The zero-order valence-corrected chi connectivity index (χ0v) is 7.47. The molecule has 0 amide bonds. The summed E-state index contributed by atoms with van der Waals surface area (Å²) >= 11 is 3.28. The molecule has 0 spiro atoms. The summed E-state index contributed by atoms with van der Waals surface area (Å²) in [5.74, 6) is 0.960. The van der Waals surface area contributed by atoms with Crippen LogP contribution in [0.4, 0.5) is 0 Å². The maximum atomic E-state index is 5.41. The molecule has 11 heavy (non-hydrogen) atoms. The number of allylic oxidation sites excluding steroid dienone is 6. The molecule has 0 saturated carbocycles. The standard InChI is InChI=1S/C9H7BrO/c10-9-6-5-7-3-1-2-4-8(7)11-9/h1-2,4-6H,3H2. The van der Waals surface area contributed by atoms with Crippen LogP contribution >= 0.6 is 15.9 Å². The van der Waals surface area contributed by atoms with E-state index in [9.17, 15) is 0 Å². The predicted molar refractivity (Wildman–Crippen MR) is 48.0 cm³/mol. The normalized spacial score (nSPS) is 21.0. The number of halogens is 1. The molecule has 0 unspecified atom stereocenters. The van der Waals surface area contributed by atoms with Gasteiger partial charge >= 0.3 is 0 Å². The van der Waals surface area contributed by atoms with Gasteiger partial charge in [0.1, 0.15) is 5.76 Å². The molecule has 0 saturated heterocycles. The van der Waals surface area contributed by atoms with Crippen LogP contribution in [0.1, 0.15) is 6.42 Å². The first-order valence-electron chi connectivity index (χ1n) is 3.48. The van der Waals surface area contributed by atoms with Crippen molar-refractivity contribution in [2.75, 3.05) is 0 Å². The van der Waals surface area contributed by atoms with Crippen LogP contribution < -0.4 is 0 Å². The Kier molecular flexibility index (Phi) is 1.70. The van der Waals surface area contributed by atoms with E-state index in [-0.39, 0.29) is 0 Å². The van der Waals surface area contributed by atoms with Crippen LogP contribution in [0.15, 0.2) is 46.4 Å². The first-order chi connectivity index (χ1) is 5.36. The van der Waals surface area contributed by atoms with Gasteiger partial charge in [0, 0.05) is 0 Å². The van der Waals surface area contributed by atoms with Crippen LogP contribution in [0.2, 0.25) is 0 Å². The van der Waals surface area contributed by atoms with Gasteiger partial charge in [0.25, 0.3) is 0 Å². The van der Waals surface area contributed by atoms with E-state index in [2.05, 4.69) is 28.1 Å². The molecule has 0 aromatic rings. The van der Waals surface area contributed by atoms with Crippen molar-refractivity contribution in [2.45, 2.75) is 6.42 Å². The summed E-state index contributed by atoms with van der Waals surface area (Å²) in [6.45, 7) is 0. The SMILES string of the molecule is BrC1=CC=C2CC=CC=C2O1. The van der Waals surface area contributed by atoms with E-state index < -0.39 is 0 Å². The van der Waals surface area contributed by atoms with E-state index in [1.165, 1.54) is 5.57 Å². The lowest BCUT2D eigenvalue weighted by Crippen LogP contribution is -1.99. The van der Waals surface area contributed by atoms with Crippen LogP contribution in [0.25, 0.3) is 0 Å². The molecule has 2 heteroatoms. The third-order valence-corrected chi connectivity index (χ3v) is 2.09. The number of hydrogen-bond donors (Lipinski definition) is 0. The van der Waals surface area contributed by atoms with Gasteiger partial charge < -0.3 is 4.74 Å². The summed E-state index contributed by atoms with van der Waals surface area (Å²) in [6, 6.07) is 0. The molecular weight excluding hydrogens is 204 g/mol. The third kappa shape index (κ3) is 1.31. The second-order valence-electron chi connectivity index (χ2n) is 2.43. The molecule has 2 aliphatic rings. The molecular formula is C9H7BrO. The Morgan fingerprint density at radius 2 is 2.18 bits per heavy atom. The minimum Gasteiger partial charge on any atom is -0.450 e. The topological polar surface area (TPSA) is 9.23 Å². The smallest absolute Gasteiger partial charge is 0.169 e. The Balaban J connectivity index is 2.36. The highest BCUT2D eigenvalue weighted by Crippen LogP contribution is 2.28. The molecule has 1 heterocycles. The zero-order chi connectivity index (χ0) is 7.68. The van der Waals surface area contributed by atoms with E-state index in [1.54, 1.807) is 0 Å². The molecule has 0 aromatic heterocycles. The summed E-state index contributed by atoms with van der Waals surface area (Å²) in [5, 5.41) is 0. The minimum absolute atomic E-state index is 0.780. The van der Waals surface area contributed by atoms with Crippen molar-refractivity contribution in [3.8, 4) is 0 Å². The van der Waals surface area contributed by atoms with Gasteiger partial charge in [-0.3, -0.25) is 0 Å². The first kappa shape index (κ1) is 6.92. The molecule has 56 valence electrons. The maximum Gasteiger partial charge on any atom is 0.169 e. The van der Waals surface area contributed by atoms with Crippen LogP contribution in [0.3, 0.4) is 0 Å². The third-order valence-electron chi connectivity index (χ3n) is 1.66. The molecule has 0 fully saturated rings. The van der Waals surface area contributed by atoms with Crippen LogP contribution in [-0.2, 0) is 4.74 Å². The van der Waals surface area contributed by atoms with Gasteiger partial charge in [-0.25, -0.2) is 0 Å². The Labute approximate surface area is 73.9 Å². The van der Waals surface area contributed by atoms with Crippen molar-refractivity contribution in [1.82, 2.24) is 0 Å². The van der Waals surface area contributed by atoms with Crippen molar-refractivity contribution in [3.63, 3.8) is 0 Å². The predicted octanol–water partition coefficient (Wildman–Crippen LogP) is 3.02. The van der Waals surface area contributed by atoms with E-state index >= 15 is 0 Å². The van der Waals surface area contributed by atoms with Crippen LogP contribution in [0, 0.1) is 0 Å². The van der Waals surface area contributed by atoms with Gasteiger partial charge in [-0.1, -0.05) is 18.2 Å². The van der Waals surface area contributed by atoms with Gasteiger partial charge in [-0.2, -0.15) is 0 Å². The Bertz CT molecular complexity index is 295. The fourth-order valence-corrected chi connectivity index (χ4v) is 1.42. The second-order valence-corrected chi connectivity index (χ2v) is 3.21. The number of ether oxygens (including phenoxy) is 1. The van der Waals surface area contributed by atoms with Gasteiger partial charge in [0.15, 0.2) is 4.67 Å². The van der Waals surface area contributed by atoms with E-state index in [0.29, 0.717) is 0 Å². The summed E-state index contributed by atoms with van der Waals surface area (Å²) in [6.07, 6.45) is 11.1. The molecule has 1 aliphatic heterocycles. The molecule has 0 aromatic carbocycles. The lowest BCUT2D eigenvalue weighted by Gasteiger charge is -2.16. The monoisotopic (exact) mass is 210 g/mol. The van der Waals surface area contributed by atoms with E-state index in [4.69, 9.17) is 4.74 Å². The van der Waals surface area contributed by atoms with Crippen molar-refractivity contribution in [1.29, 1.82) is 0 Å². The summed E-state index contributed by atoms with van der Waals surface area (Å²) < 4.78 is 6.19. The summed E-state index contributed by atoms with van der Waals surface area (Å²) in [5.41, 5.74) is 1.25. The fraction of sp³-hybridized carbons (Fsp3) is 0.111. The quantitative estimate of drug-likeness (QED) is 0.598. The lowest BCUT2D eigenvalue weighted by molar-refractivity contribution is 0.344. The van der Waals surface area contributed by atoms with Crippen molar-refractivity contribution < 1.29 is 4.74 Å². The molecule has 2 rings (SSSR count). The largest absolute Gasteiger partial charge is 0.450 e. The highest BCUT2D eigenvalue weighted by atomic mass is 79.9. The highest BCUT2D eigenvalue weighted by molar-refractivity contribution is 9.11. The molecule has 0 radical (unpaired) electrons. The molecule has 0 bridgehead atoms. The van der Waals surface area contributed by atoms with Gasteiger partial charge in [-0.15, -0.1) is 0 Å². The summed E-state index contributed by atoms with van der Waals surface area (Å²) in [4.78, 5) is 0. The number of rotatable bonds is 0. The average molecular weight is 211 g/mol.